The molecule has 1 aliphatic rings. The number of nitrogen functional groups attached to an aromatic ring is 1. The second-order valence-electron chi connectivity index (χ2n) is 7.73. The van der Waals surface area contributed by atoms with Crippen LogP contribution < -0.4 is 11.1 Å². The summed E-state index contributed by atoms with van der Waals surface area (Å²) >= 11 is 0. The molecule has 1 atom stereocenters. The lowest BCUT2D eigenvalue weighted by Crippen LogP contribution is -2.42. The van der Waals surface area contributed by atoms with Crippen LogP contribution in [0.25, 0.3) is 11.6 Å². The fraction of sp³-hybridized carbons (Fsp3) is 0.450. The number of nitrogens with zero attached hydrogens (tertiary/aromatic N) is 6. The van der Waals surface area contributed by atoms with Crippen LogP contribution in [0.5, 0.6) is 0 Å². The molecule has 1 aliphatic heterocycles. The second-order valence-corrected chi connectivity index (χ2v) is 10.1. The predicted octanol–water partition coefficient (Wildman–Crippen LogP) is 2.56. The topological polar surface area (TPSA) is 153 Å². The van der Waals surface area contributed by atoms with Crippen molar-refractivity contribution in [1.82, 2.24) is 29.4 Å². The van der Waals surface area contributed by atoms with E-state index >= 15 is 0 Å². The normalized spacial score (nSPS) is 16.7. The van der Waals surface area contributed by atoms with E-state index < -0.39 is 10.0 Å². The van der Waals surface area contributed by atoms with Crippen molar-refractivity contribution in [2.45, 2.75) is 44.3 Å². The summed E-state index contributed by atoms with van der Waals surface area (Å²) < 4.78 is 32.2. The molecular weight excluding hydrogens is 432 g/mol. The van der Waals surface area contributed by atoms with Gasteiger partial charge in [0.05, 0.1) is 5.25 Å². The second kappa shape index (κ2) is 9.17. The lowest BCUT2D eigenvalue weighted by molar-refractivity contribution is 0.269. The largest absolute Gasteiger partial charge is 0.368 e. The molecule has 32 heavy (non-hydrogen) atoms. The summed E-state index contributed by atoms with van der Waals surface area (Å²) in [5.74, 6) is 1.12. The molecule has 0 spiro atoms. The minimum atomic E-state index is -3.27. The molecule has 1 unspecified atom stereocenters. The Bertz CT molecular complexity index is 1160. The Hall–Kier alpha value is -3.12. The highest BCUT2D eigenvalue weighted by Gasteiger charge is 2.33. The monoisotopic (exact) mass is 458 g/mol. The maximum absolute atomic E-state index is 12.6. The zero-order valence-corrected chi connectivity index (χ0v) is 18.8. The minimum Gasteiger partial charge on any atom is -0.368 e. The number of nitrogens with two attached hydrogens (primary N) is 1. The Morgan fingerprint density at radius 2 is 1.84 bits per heavy atom. The van der Waals surface area contributed by atoms with Crippen molar-refractivity contribution >= 4 is 27.6 Å². The van der Waals surface area contributed by atoms with Gasteiger partial charge in [-0.05, 0) is 38.3 Å². The fourth-order valence-corrected chi connectivity index (χ4v) is 5.16. The minimum absolute atomic E-state index is 0.0271. The van der Waals surface area contributed by atoms with E-state index in [9.17, 15) is 8.42 Å². The van der Waals surface area contributed by atoms with E-state index in [1.807, 2.05) is 37.3 Å². The van der Waals surface area contributed by atoms with Crippen LogP contribution in [0.1, 0.15) is 44.9 Å². The summed E-state index contributed by atoms with van der Waals surface area (Å²) in [5.41, 5.74) is 6.64. The van der Waals surface area contributed by atoms with Crippen molar-refractivity contribution in [3.63, 3.8) is 0 Å². The number of piperidine rings is 1. The maximum Gasteiger partial charge on any atom is 0.240 e. The van der Waals surface area contributed by atoms with Gasteiger partial charge in [0.15, 0.2) is 0 Å². The molecule has 1 aromatic carbocycles. The van der Waals surface area contributed by atoms with Gasteiger partial charge < -0.3 is 15.6 Å². The van der Waals surface area contributed by atoms with Crippen LogP contribution >= 0.6 is 0 Å². The van der Waals surface area contributed by atoms with E-state index in [-0.39, 0.29) is 34.7 Å². The lowest BCUT2D eigenvalue weighted by Gasteiger charge is -2.31. The van der Waals surface area contributed by atoms with Gasteiger partial charge in [0, 0.05) is 24.7 Å². The third-order valence-corrected chi connectivity index (χ3v) is 8.01. The number of benzene rings is 1. The van der Waals surface area contributed by atoms with Gasteiger partial charge in [-0.3, -0.25) is 0 Å². The molecule has 1 saturated heterocycles. The molecule has 3 aromatic rings. The van der Waals surface area contributed by atoms with Crippen LogP contribution in [0.2, 0.25) is 0 Å². The molecule has 3 N–H and O–H groups in total. The highest BCUT2D eigenvalue weighted by atomic mass is 32.2. The van der Waals surface area contributed by atoms with Crippen LogP contribution in [0, 0.1) is 0 Å². The van der Waals surface area contributed by atoms with Crippen molar-refractivity contribution in [2.75, 3.05) is 24.1 Å². The van der Waals surface area contributed by atoms with E-state index in [4.69, 9.17) is 10.3 Å². The molecule has 0 saturated carbocycles. The van der Waals surface area contributed by atoms with Gasteiger partial charge in [-0.2, -0.15) is 19.9 Å². The van der Waals surface area contributed by atoms with Crippen molar-refractivity contribution in [3.8, 4) is 11.6 Å². The zero-order valence-electron chi connectivity index (χ0n) is 18.0. The number of aromatic nitrogens is 5. The molecule has 11 nitrogen and oxygen atoms in total. The first kappa shape index (κ1) is 22.1. The summed E-state index contributed by atoms with van der Waals surface area (Å²) in [5, 5.41) is 6.69. The van der Waals surface area contributed by atoms with Gasteiger partial charge in [0.1, 0.15) is 0 Å². The maximum atomic E-state index is 12.6. The quantitative estimate of drug-likeness (QED) is 0.540. The van der Waals surface area contributed by atoms with E-state index in [0.717, 1.165) is 5.69 Å². The van der Waals surface area contributed by atoms with Crippen LogP contribution in [-0.4, -0.2) is 56.2 Å². The predicted molar refractivity (Wildman–Crippen MR) is 119 cm³/mol. The molecule has 12 heteroatoms. The summed E-state index contributed by atoms with van der Waals surface area (Å²) in [6, 6.07) is 9.43. The van der Waals surface area contributed by atoms with E-state index in [0.29, 0.717) is 38.2 Å². The third-order valence-electron chi connectivity index (χ3n) is 5.57. The molecule has 3 heterocycles. The first-order chi connectivity index (χ1) is 15.4. The number of rotatable bonds is 7. The van der Waals surface area contributed by atoms with Gasteiger partial charge in [0.25, 0.3) is 0 Å². The molecule has 170 valence electrons. The van der Waals surface area contributed by atoms with Gasteiger partial charge in [-0.15, -0.1) is 0 Å². The number of nitrogens with one attached hydrogen (secondary N) is 1. The van der Waals surface area contributed by atoms with Crippen LogP contribution in [-0.2, 0) is 10.0 Å². The van der Waals surface area contributed by atoms with Crippen molar-refractivity contribution in [3.05, 3.63) is 36.2 Å². The molecule has 0 bridgehead atoms. The Kier molecular flexibility index (Phi) is 6.33. The van der Waals surface area contributed by atoms with E-state index in [1.54, 1.807) is 11.2 Å². The average molecular weight is 459 g/mol. The van der Waals surface area contributed by atoms with Gasteiger partial charge in [-0.1, -0.05) is 30.3 Å². The highest BCUT2D eigenvalue weighted by Crippen LogP contribution is 2.30. The standard InChI is InChI=1S/C20H26N8O3S/c1-3-13(2)32(29,30)28-11-9-14(10-12-28)18-23-17(27-31-18)16-24-19(21)26-20(25-16)22-15-7-5-4-6-8-15/h4-8,13-14H,3,9-12H2,1-2H3,(H3,21,22,24,25,26). The Morgan fingerprint density at radius 1 is 1.12 bits per heavy atom. The lowest BCUT2D eigenvalue weighted by atomic mass is 9.98. The first-order valence-electron chi connectivity index (χ1n) is 10.5. The van der Waals surface area contributed by atoms with Gasteiger partial charge in [0.2, 0.25) is 39.5 Å². The molecule has 0 amide bonds. The summed E-state index contributed by atoms with van der Waals surface area (Å²) in [4.78, 5) is 17.0. The van der Waals surface area contributed by atoms with Gasteiger partial charge in [-0.25, -0.2) is 12.7 Å². The smallest absolute Gasteiger partial charge is 0.240 e. The summed E-state index contributed by atoms with van der Waals surface area (Å²) in [6.07, 6.45) is 1.81. The number of hydrogen-bond donors (Lipinski definition) is 2. The Morgan fingerprint density at radius 3 is 2.53 bits per heavy atom. The SMILES string of the molecule is CCC(C)S(=O)(=O)N1CCC(c2nc(-c3nc(N)nc(Nc4ccccc4)n3)no2)CC1. The van der Waals surface area contributed by atoms with E-state index in [1.165, 1.54) is 0 Å². The van der Waals surface area contributed by atoms with Crippen LogP contribution in [0.15, 0.2) is 34.9 Å². The summed E-state index contributed by atoms with van der Waals surface area (Å²) in [7, 11) is -3.27. The van der Waals surface area contributed by atoms with Crippen LogP contribution in [0.3, 0.4) is 0 Å². The Labute approximate surface area is 186 Å². The number of para-hydroxylation sites is 1. The number of sulfonamides is 1. The molecule has 2 aromatic heterocycles. The van der Waals surface area contributed by atoms with Gasteiger partial charge >= 0.3 is 0 Å². The molecule has 0 radical (unpaired) electrons. The van der Waals surface area contributed by atoms with Crippen molar-refractivity contribution in [2.24, 2.45) is 0 Å². The number of hydrogen-bond acceptors (Lipinski definition) is 10. The van der Waals surface area contributed by atoms with E-state index in [2.05, 4.69) is 30.4 Å². The average Bonchev–Trinajstić information content (AvgIpc) is 3.29. The zero-order chi connectivity index (χ0) is 22.7. The third kappa shape index (κ3) is 4.70. The highest BCUT2D eigenvalue weighted by molar-refractivity contribution is 7.89. The Balaban J connectivity index is 1.47. The molecule has 1 fully saturated rings. The molecule has 4 rings (SSSR count). The fourth-order valence-electron chi connectivity index (χ4n) is 3.51. The van der Waals surface area contributed by atoms with Crippen molar-refractivity contribution < 1.29 is 12.9 Å². The van der Waals surface area contributed by atoms with Crippen molar-refractivity contribution in [1.29, 1.82) is 0 Å². The molecular formula is C20H26N8O3S. The summed E-state index contributed by atoms with van der Waals surface area (Å²) in [6.45, 7) is 4.48. The molecule has 0 aliphatic carbocycles. The first-order valence-corrected chi connectivity index (χ1v) is 12.0. The van der Waals surface area contributed by atoms with Crippen LogP contribution in [0.4, 0.5) is 17.6 Å². The number of anilines is 3.